The number of amides is 2. The van der Waals surface area contributed by atoms with E-state index < -0.39 is 11.8 Å². The first-order chi connectivity index (χ1) is 12.6. The van der Waals surface area contributed by atoms with Crippen LogP contribution < -0.4 is 10.6 Å². The molecule has 2 aliphatic rings. The van der Waals surface area contributed by atoms with Crippen molar-refractivity contribution in [2.24, 2.45) is 0 Å². The van der Waals surface area contributed by atoms with Gasteiger partial charge in [-0.25, -0.2) is 9.59 Å². The fourth-order valence-electron chi connectivity index (χ4n) is 3.46. The second-order valence-corrected chi connectivity index (χ2v) is 6.94. The summed E-state index contributed by atoms with van der Waals surface area (Å²) in [6.07, 6.45) is 6.46. The van der Waals surface area contributed by atoms with Gasteiger partial charge >= 0.3 is 12.0 Å². The molecule has 1 aliphatic heterocycles. The Labute approximate surface area is 153 Å². The van der Waals surface area contributed by atoms with E-state index in [4.69, 9.17) is 14.6 Å². The summed E-state index contributed by atoms with van der Waals surface area (Å²) in [5.74, 6) is -1.40. The number of benzene rings is 1. The topological polar surface area (TPSA) is 96.9 Å². The number of carbonyl (C=O) groups is 2. The summed E-state index contributed by atoms with van der Waals surface area (Å²) in [6, 6.07) is 6.14. The van der Waals surface area contributed by atoms with Gasteiger partial charge in [0.05, 0.1) is 12.2 Å². The van der Waals surface area contributed by atoms with Gasteiger partial charge in [0.25, 0.3) is 0 Å². The molecular formula is C19H26N2O5. The van der Waals surface area contributed by atoms with Gasteiger partial charge in [-0.3, -0.25) is 0 Å². The number of carboxylic acid groups (broad SMARTS) is 1. The van der Waals surface area contributed by atoms with Crippen molar-refractivity contribution >= 4 is 12.0 Å². The third-order valence-corrected chi connectivity index (χ3v) is 4.92. The fraction of sp³-hybridized carbons (Fsp3) is 0.579. The lowest BCUT2D eigenvalue weighted by Crippen LogP contribution is -2.41. The number of carbonyl (C=O) groups excluding carboxylic acids is 1. The van der Waals surface area contributed by atoms with Gasteiger partial charge < -0.3 is 25.2 Å². The van der Waals surface area contributed by atoms with E-state index in [0.717, 1.165) is 31.2 Å². The van der Waals surface area contributed by atoms with Crippen LogP contribution in [-0.2, 0) is 16.0 Å². The second kappa shape index (κ2) is 8.51. The first kappa shape index (κ1) is 18.7. The molecule has 1 aliphatic carbocycles. The molecule has 3 N–H and O–H groups in total. The lowest BCUT2D eigenvalue weighted by Gasteiger charge is -2.26. The minimum absolute atomic E-state index is 0.117. The molecule has 0 bridgehead atoms. The summed E-state index contributed by atoms with van der Waals surface area (Å²) in [5.41, 5.74) is 1.06. The van der Waals surface area contributed by atoms with Crippen LogP contribution in [0.1, 0.15) is 54.4 Å². The van der Waals surface area contributed by atoms with Crippen LogP contribution in [0.25, 0.3) is 0 Å². The van der Waals surface area contributed by atoms with Crippen LogP contribution >= 0.6 is 0 Å². The molecule has 1 atom stereocenters. The van der Waals surface area contributed by atoms with E-state index in [-0.39, 0.29) is 17.7 Å². The van der Waals surface area contributed by atoms with E-state index in [0.29, 0.717) is 19.7 Å². The fourth-order valence-corrected chi connectivity index (χ4v) is 3.46. The maximum Gasteiger partial charge on any atom is 0.335 e. The molecule has 26 heavy (non-hydrogen) atoms. The Kier molecular flexibility index (Phi) is 6.11. The van der Waals surface area contributed by atoms with E-state index in [1.807, 2.05) is 0 Å². The Bertz CT molecular complexity index is 623. The van der Waals surface area contributed by atoms with Crippen LogP contribution in [0, 0.1) is 0 Å². The number of nitrogens with one attached hydrogen (secondary N) is 2. The van der Waals surface area contributed by atoms with Gasteiger partial charge in [-0.15, -0.1) is 0 Å². The number of hydrogen-bond donors (Lipinski definition) is 3. The zero-order valence-electron chi connectivity index (χ0n) is 14.8. The first-order valence-electron chi connectivity index (χ1n) is 9.22. The molecule has 1 saturated heterocycles. The summed E-state index contributed by atoms with van der Waals surface area (Å²) >= 11 is 0. The Balaban J connectivity index is 1.38. The second-order valence-electron chi connectivity index (χ2n) is 6.94. The van der Waals surface area contributed by atoms with Crippen LogP contribution in [0.3, 0.4) is 0 Å². The van der Waals surface area contributed by atoms with Crippen LogP contribution in [0.5, 0.6) is 0 Å². The van der Waals surface area contributed by atoms with Crippen LogP contribution in [0.4, 0.5) is 4.79 Å². The van der Waals surface area contributed by atoms with E-state index >= 15 is 0 Å². The average molecular weight is 362 g/mol. The van der Waals surface area contributed by atoms with Crippen molar-refractivity contribution in [3.8, 4) is 0 Å². The quantitative estimate of drug-likeness (QED) is 0.748. The maximum absolute atomic E-state index is 12.0. The Hall–Kier alpha value is -2.12. The molecule has 1 heterocycles. The Morgan fingerprint density at radius 2 is 1.77 bits per heavy atom. The van der Waals surface area contributed by atoms with E-state index in [1.165, 1.54) is 25.0 Å². The Morgan fingerprint density at radius 1 is 1.08 bits per heavy atom. The highest BCUT2D eigenvalue weighted by molar-refractivity contribution is 5.87. The average Bonchev–Trinajstić information content (AvgIpc) is 2.89. The zero-order chi connectivity index (χ0) is 18.4. The molecule has 142 valence electrons. The van der Waals surface area contributed by atoms with Crippen LogP contribution in [0.15, 0.2) is 24.3 Å². The number of aromatic carboxylic acids is 1. The molecule has 3 rings (SSSR count). The third-order valence-electron chi connectivity index (χ3n) is 4.92. The normalized spacial score (nSPS) is 21.9. The van der Waals surface area contributed by atoms with Crippen molar-refractivity contribution in [2.75, 3.05) is 13.2 Å². The predicted octanol–water partition coefficient (Wildman–Crippen LogP) is 2.65. The van der Waals surface area contributed by atoms with Crippen molar-refractivity contribution in [3.63, 3.8) is 0 Å². The van der Waals surface area contributed by atoms with E-state index in [1.54, 1.807) is 12.1 Å². The van der Waals surface area contributed by atoms with Gasteiger partial charge in [0.1, 0.15) is 6.10 Å². The smallest absolute Gasteiger partial charge is 0.335 e. The summed E-state index contributed by atoms with van der Waals surface area (Å²) in [6.45, 7) is 1.25. The van der Waals surface area contributed by atoms with Gasteiger partial charge in [0, 0.05) is 25.9 Å². The van der Waals surface area contributed by atoms with Gasteiger partial charge in [-0.05, 0) is 30.5 Å². The molecule has 1 aromatic rings. The molecule has 1 spiro atoms. The molecule has 7 nitrogen and oxygen atoms in total. The predicted molar refractivity (Wildman–Crippen MR) is 94.9 cm³/mol. The first-order valence-corrected chi connectivity index (χ1v) is 9.22. The number of urea groups is 1. The van der Waals surface area contributed by atoms with Gasteiger partial charge in [0.2, 0.25) is 0 Å². The summed E-state index contributed by atoms with van der Waals surface area (Å²) < 4.78 is 12.0. The summed E-state index contributed by atoms with van der Waals surface area (Å²) in [4.78, 5) is 22.8. The lowest BCUT2D eigenvalue weighted by molar-refractivity contribution is -0.175. The molecule has 2 amide bonds. The highest BCUT2D eigenvalue weighted by Gasteiger charge is 2.41. The molecule has 2 fully saturated rings. The molecule has 1 saturated carbocycles. The number of ether oxygens (including phenoxy) is 2. The van der Waals surface area contributed by atoms with Crippen molar-refractivity contribution in [1.82, 2.24) is 10.6 Å². The third kappa shape index (κ3) is 4.95. The van der Waals surface area contributed by atoms with Crippen molar-refractivity contribution < 1.29 is 24.2 Å². The number of hydrogen-bond acceptors (Lipinski definition) is 4. The largest absolute Gasteiger partial charge is 0.478 e. The van der Waals surface area contributed by atoms with Crippen LogP contribution in [-0.4, -0.2) is 42.1 Å². The summed E-state index contributed by atoms with van der Waals surface area (Å²) in [7, 11) is 0. The molecular weight excluding hydrogens is 336 g/mol. The highest BCUT2D eigenvalue weighted by Crippen LogP contribution is 2.36. The van der Waals surface area contributed by atoms with E-state index in [2.05, 4.69) is 10.6 Å². The number of carboxylic acids is 1. The molecule has 7 heteroatoms. The Morgan fingerprint density at radius 3 is 2.42 bits per heavy atom. The van der Waals surface area contributed by atoms with Crippen molar-refractivity contribution in [1.29, 1.82) is 0 Å². The molecule has 0 radical (unpaired) electrons. The monoisotopic (exact) mass is 362 g/mol. The van der Waals surface area contributed by atoms with Crippen molar-refractivity contribution in [3.05, 3.63) is 35.4 Å². The number of rotatable bonds is 5. The minimum Gasteiger partial charge on any atom is -0.478 e. The maximum atomic E-state index is 12.0. The highest BCUT2D eigenvalue weighted by atomic mass is 16.7. The van der Waals surface area contributed by atoms with Gasteiger partial charge in [-0.2, -0.15) is 0 Å². The molecule has 0 aromatic heterocycles. The van der Waals surface area contributed by atoms with Crippen LogP contribution in [0.2, 0.25) is 0 Å². The summed E-state index contributed by atoms with van der Waals surface area (Å²) in [5, 5.41) is 14.4. The van der Waals surface area contributed by atoms with Crippen molar-refractivity contribution in [2.45, 2.75) is 57.0 Å². The van der Waals surface area contributed by atoms with Gasteiger partial charge in [0.15, 0.2) is 5.79 Å². The standard InChI is InChI=1S/C19H26N2O5/c22-17(23)15-7-5-14(6-8-15)11-20-18(24)21-12-16-13-25-19(26-16)9-3-1-2-4-10-19/h5-8,16H,1-4,9-13H2,(H,22,23)(H2,20,21,24). The van der Waals surface area contributed by atoms with Gasteiger partial charge in [-0.1, -0.05) is 25.0 Å². The van der Waals surface area contributed by atoms with E-state index in [9.17, 15) is 9.59 Å². The SMILES string of the molecule is O=C(NCc1ccc(C(=O)O)cc1)NCC1COC2(CCCCCC2)O1. The zero-order valence-corrected chi connectivity index (χ0v) is 14.8. The molecule has 1 aromatic carbocycles. The lowest BCUT2D eigenvalue weighted by atomic mass is 10.1. The minimum atomic E-state index is -0.965. The molecule has 1 unspecified atom stereocenters.